The van der Waals surface area contributed by atoms with Crippen LogP contribution >= 0.6 is 11.3 Å². The molecular weight excluding hydrogens is 314 g/mol. The Morgan fingerprint density at radius 1 is 1.08 bits per heavy atom. The van der Waals surface area contributed by atoms with Crippen LogP contribution in [0.4, 0.5) is 0 Å². The van der Waals surface area contributed by atoms with Gasteiger partial charge in [-0.3, -0.25) is 9.79 Å². The molecular formula is C21H21NOS. The molecule has 1 aliphatic heterocycles. The van der Waals surface area contributed by atoms with Crippen molar-refractivity contribution < 1.29 is 4.79 Å². The number of carbonyl (C=O) groups excluding carboxylic acids is 1. The number of ketones is 1. The van der Waals surface area contributed by atoms with Crippen molar-refractivity contribution in [3.8, 4) is 0 Å². The standard InChI is InChI=1S/C21H21NOS/c1-15-18(20(23)16-8-4-2-5-9-16)19(17-10-13-24-14-17)22-21(15)11-6-3-7-12-21/h2,4-5,8-10,13-14H,3,6-7,11-12H2,1H3. The first-order chi connectivity index (χ1) is 11.7. The lowest BCUT2D eigenvalue weighted by molar-refractivity contribution is 0.103. The summed E-state index contributed by atoms with van der Waals surface area (Å²) in [4.78, 5) is 18.4. The van der Waals surface area contributed by atoms with Crippen LogP contribution in [-0.4, -0.2) is 17.0 Å². The minimum absolute atomic E-state index is 0.112. The minimum Gasteiger partial charge on any atom is -0.289 e. The lowest BCUT2D eigenvalue weighted by Crippen LogP contribution is -2.29. The quantitative estimate of drug-likeness (QED) is 0.685. The fourth-order valence-electron chi connectivity index (χ4n) is 4.01. The molecule has 2 nitrogen and oxygen atoms in total. The van der Waals surface area contributed by atoms with Crippen LogP contribution in [0.1, 0.15) is 54.9 Å². The van der Waals surface area contributed by atoms with E-state index in [1.54, 1.807) is 11.3 Å². The third-order valence-corrected chi connectivity index (χ3v) is 6.06. The van der Waals surface area contributed by atoms with Gasteiger partial charge in [0.05, 0.1) is 11.3 Å². The van der Waals surface area contributed by atoms with Gasteiger partial charge in [-0.2, -0.15) is 11.3 Å². The summed E-state index contributed by atoms with van der Waals surface area (Å²) in [6.45, 7) is 2.13. The third-order valence-electron chi connectivity index (χ3n) is 5.37. The molecule has 0 amide bonds. The van der Waals surface area contributed by atoms with Gasteiger partial charge in [-0.15, -0.1) is 0 Å². The van der Waals surface area contributed by atoms with E-state index in [0.29, 0.717) is 0 Å². The Bertz CT molecular complexity index is 809. The van der Waals surface area contributed by atoms with E-state index in [2.05, 4.69) is 23.8 Å². The number of rotatable bonds is 3. The zero-order valence-electron chi connectivity index (χ0n) is 13.9. The molecule has 2 aromatic rings. The fourth-order valence-corrected chi connectivity index (χ4v) is 4.65. The molecule has 1 spiro atoms. The normalized spacial score (nSPS) is 19.6. The van der Waals surface area contributed by atoms with E-state index in [1.165, 1.54) is 24.8 Å². The van der Waals surface area contributed by atoms with E-state index in [-0.39, 0.29) is 11.3 Å². The Morgan fingerprint density at radius 2 is 1.83 bits per heavy atom. The molecule has 0 atom stereocenters. The number of hydrogen-bond acceptors (Lipinski definition) is 3. The Morgan fingerprint density at radius 3 is 2.50 bits per heavy atom. The van der Waals surface area contributed by atoms with Gasteiger partial charge in [0.2, 0.25) is 0 Å². The van der Waals surface area contributed by atoms with E-state index in [1.807, 2.05) is 30.3 Å². The van der Waals surface area contributed by atoms with Crippen molar-refractivity contribution in [2.24, 2.45) is 4.99 Å². The third kappa shape index (κ3) is 2.48. The van der Waals surface area contributed by atoms with Crippen LogP contribution in [0.15, 0.2) is 63.3 Å². The van der Waals surface area contributed by atoms with Gasteiger partial charge in [-0.25, -0.2) is 0 Å². The molecule has 24 heavy (non-hydrogen) atoms. The van der Waals surface area contributed by atoms with Crippen molar-refractivity contribution in [1.29, 1.82) is 0 Å². The van der Waals surface area contributed by atoms with Gasteiger partial charge in [0.1, 0.15) is 0 Å². The maximum atomic E-state index is 13.3. The zero-order valence-corrected chi connectivity index (χ0v) is 14.7. The molecule has 3 heteroatoms. The summed E-state index contributed by atoms with van der Waals surface area (Å²) in [5, 5.41) is 4.16. The van der Waals surface area contributed by atoms with E-state index < -0.39 is 0 Å². The highest BCUT2D eigenvalue weighted by Crippen LogP contribution is 2.45. The Hall–Kier alpha value is -2.00. The summed E-state index contributed by atoms with van der Waals surface area (Å²) in [5.41, 5.74) is 4.61. The van der Waals surface area contributed by atoms with Crippen molar-refractivity contribution in [2.75, 3.05) is 0 Å². The molecule has 1 aromatic carbocycles. The van der Waals surface area contributed by atoms with E-state index in [0.717, 1.165) is 35.3 Å². The van der Waals surface area contributed by atoms with Crippen molar-refractivity contribution in [3.05, 3.63) is 69.4 Å². The van der Waals surface area contributed by atoms with Crippen LogP contribution in [-0.2, 0) is 0 Å². The average Bonchev–Trinajstić information content (AvgIpc) is 3.24. The summed E-state index contributed by atoms with van der Waals surface area (Å²) >= 11 is 1.66. The van der Waals surface area contributed by atoms with Gasteiger partial charge in [-0.05, 0) is 36.8 Å². The van der Waals surface area contributed by atoms with Crippen LogP contribution < -0.4 is 0 Å². The average molecular weight is 335 g/mol. The first kappa shape index (κ1) is 15.5. The topological polar surface area (TPSA) is 29.4 Å². The van der Waals surface area contributed by atoms with Gasteiger partial charge in [0.25, 0.3) is 0 Å². The molecule has 122 valence electrons. The molecule has 2 heterocycles. The first-order valence-electron chi connectivity index (χ1n) is 8.65. The van der Waals surface area contributed by atoms with Gasteiger partial charge in [-0.1, -0.05) is 49.6 Å². The number of aliphatic imine (C=N–C) groups is 1. The Kier molecular flexibility index (Phi) is 3.97. The van der Waals surface area contributed by atoms with E-state index in [9.17, 15) is 4.79 Å². The molecule has 0 bridgehead atoms. The number of allylic oxidation sites excluding steroid dienone is 1. The van der Waals surface area contributed by atoms with Gasteiger partial charge < -0.3 is 0 Å². The number of nitrogens with zero attached hydrogens (tertiary/aromatic N) is 1. The van der Waals surface area contributed by atoms with Crippen molar-refractivity contribution in [2.45, 2.75) is 44.6 Å². The number of carbonyl (C=O) groups is 1. The molecule has 1 saturated carbocycles. The number of thiophene rings is 1. The highest BCUT2D eigenvalue weighted by molar-refractivity contribution is 7.08. The van der Waals surface area contributed by atoms with Crippen LogP contribution in [0.2, 0.25) is 0 Å². The molecule has 0 radical (unpaired) electrons. The highest BCUT2D eigenvalue weighted by atomic mass is 32.1. The SMILES string of the molecule is CC1=C(C(=O)c2ccccc2)C(c2ccsc2)=NC12CCCCC2. The highest BCUT2D eigenvalue weighted by Gasteiger charge is 2.42. The smallest absolute Gasteiger partial charge is 0.195 e. The minimum atomic E-state index is -0.144. The summed E-state index contributed by atoms with van der Waals surface area (Å²) in [7, 11) is 0. The molecule has 1 aliphatic carbocycles. The monoisotopic (exact) mass is 335 g/mol. The summed E-state index contributed by atoms with van der Waals surface area (Å²) in [5.74, 6) is 0.112. The van der Waals surface area contributed by atoms with Crippen LogP contribution in [0.25, 0.3) is 0 Å². The second kappa shape index (κ2) is 6.14. The Labute approximate surface area is 146 Å². The molecule has 0 unspecified atom stereocenters. The van der Waals surface area contributed by atoms with E-state index >= 15 is 0 Å². The lowest BCUT2D eigenvalue weighted by Gasteiger charge is -2.32. The maximum absolute atomic E-state index is 13.3. The summed E-state index contributed by atoms with van der Waals surface area (Å²) in [6, 6.07) is 11.7. The summed E-state index contributed by atoms with van der Waals surface area (Å²) < 4.78 is 0. The fraction of sp³-hybridized carbons (Fsp3) is 0.333. The van der Waals surface area contributed by atoms with E-state index in [4.69, 9.17) is 4.99 Å². The predicted octanol–water partition coefficient (Wildman–Crippen LogP) is 5.45. The molecule has 4 rings (SSSR count). The Balaban J connectivity index is 1.85. The largest absolute Gasteiger partial charge is 0.289 e. The molecule has 0 saturated heterocycles. The molecule has 1 fully saturated rings. The van der Waals surface area contributed by atoms with Crippen molar-refractivity contribution in [1.82, 2.24) is 0 Å². The van der Waals surface area contributed by atoms with Crippen molar-refractivity contribution in [3.63, 3.8) is 0 Å². The van der Waals surface area contributed by atoms with Crippen molar-refractivity contribution >= 4 is 22.8 Å². The van der Waals surface area contributed by atoms with Crippen LogP contribution in [0, 0.1) is 0 Å². The first-order valence-corrected chi connectivity index (χ1v) is 9.59. The second-order valence-electron chi connectivity index (χ2n) is 6.76. The van der Waals surface area contributed by atoms with Gasteiger partial charge >= 0.3 is 0 Å². The van der Waals surface area contributed by atoms with Crippen LogP contribution in [0.3, 0.4) is 0 Å². The molecule has 2 aliphatic rings. The number of benzene rings is 1. The number of hydrogen-bond donors (Lipinski definition) is 0. The summed E-state index contributed by atoms with van der Waals surface area (Å²) in [6.07, 6.45) is 5.81. The second-order valence-corrected chi connectivity index (χ2v) is 7.54. The lowest BCUT2D eigenvalue weighted by atomic mass is 9.76. The number of Topliss-reactive ketones (excluding diaryl/α,β-unsaturated/α-hetero) is 1. The van der Waals surface area contributed by atoms with Crippen LogP contribution in [0.5, 0.6) is 0 Å². The van der Waals surface area contributed by atoms with Gasteiger partial charge in [0, 0.05) is 22.1 Å². The molecule has 1 aromatic heterocycles. The van der Waals surface area contributed by atoms with Gasteiger partial charge in [0.15, 0.2) is 5.78 Å². The maximum Gasteiger partial charge on any atom is 0.195 e. The molecule has 0 N–H and O–H groups in total. The zero-order chi connectivity index (χ0) is 16.6. The predicted molar refractivity (Wildman–Crippen MR) is 100 cm³/mol.